The predicted molar refractivity (Wildman–Crippen MR) is 103 cm³/mol. The zero-order valence-corrected chi connectivity index (χ0v) is 15.4. The Morgan fingerprint density at radius 1 is 1.31 bits per heavy atom. The minimum Gasteiger partial charge on any atom is -0.396 e. The molecule has 2 aromatic rings. The smallest absolute Gasteiger partial charge is 0.229 e. The average Bonchev–Trinajstić information content (AvgIpc) is 2.59. The Balaban J connectivity index is 2.27. The van der Waals surface area contributed by atoms with Gasteiger partial charge in [0, 0.05) is 24.3 Å². The lowest BCUT2D eigenvalue weighted by molar-refractivity contribution is 0.245. The van der Waals surface area contributed by atoms with Crippen molar-refractivity contribution in [2.24, 2.45) is 5.41 Å². The highest BCUT2D eigenvalue weighted by Gasteiger charge is 2.13. The van der Waals surface area contributed by atoms with Crippen LogP contribution in [0.3, 0.4) is 0 Å². The number of halogens is 1. The Bertz CT molecular complexity index is 796. The van der Waals surface area contributed by atoms with Crippen molar-refractivity contribution in [3.8, 4) is 11.8 Å². The van der Waals surface area contributed by atoms with E-state index >= 15 is 0 Å². The molecule has 0 saturated carbocycles. The average molecular weight is 356 g/mol. The zero-order chi connectivity index (χ0) is 19.0. The SMILES string of the molecule is CCCNc1nc(Nc2cccc(F)c2)ncc1C#CC(C)(C)CCO. The fraction of sp³-hybridized carbons (Fsp3) is 0.400. The monoisotopic (exact) mass is 356 g/mol. The van der Waals surface area contributed by atoms with Gasteiger partial charge in [-0.2, -0.15) is 4.98 Å². The first-order chi connectivity index (χ1) is 12.4. The van der Waals surface area contributed by atoms with Gasteiger partial charge in [-0.05, 0) is 44.9 Å². The molecular formula is C20H25FN4O. The van der Waals surface area contributed by atoms with Gasteiger partial charge in [0.15, 0.2) is 0 Å². The second-order valence-electron chi connectivity index (χ2n) is 6.63. The summed E-state index contributed by atoms with van der Waals surface area (Å²) in [6.07, 6.45) is 3.19. The van der Waals surface area contributed by atoms with E-state index in [1.54, 1.807) is 18.3 Å². The summed E-state index contributed by atoms with van der Waals surface area (Å²) in [6.45, 7) is 6.88. The summed E-state index contributed by atoms with van der Waals surface area (Å²) in [7, 11) is 0. The number of rotatable bonds is 7. The summed E-state index contributed by atoms with van der Waals surface area (Å²) >= 11 is 0. The Hall–Kier alpha value is -2.65. The van der Waals surface area contributed by atoms with Crippen LogP contribution >= 0.6 is 0 Å². The van der Waals surface area contributed by atoms with Crippen LogP contribution in [-0.2, 0) is 0 Å². The van der Waals surface area contributed by atoms with Crippen LogP contribution in [-0.4, -0.2) is 28.2 Å². The van der Waals surface area contributed by atoms with Gasteiger partial charge >= 0.3 is 0 Å². The quantitative estimate of drug-likeness (QED) is 0.656. The Morgan fingerprint density at radius 2 is 2.12 bits per heavy atom. The lowest BCUT2D eigenvalue weighted by atomic mass is 9.90. The maximum Gasteiger partial charge on any atom is 0.229 e. The topological polar surface area (TPSA) is 70.1 Å². The van der Waals surface area contributed by atoms with E-state index in [1.165, 1.54) is 12.1 Å². The van der Waals surface area contributed by atoms with Crippen LogP contribution in [0.15, 0.2) is 30.5 Å². The number of benzene rings is 1. The van der Waals surface area contributed by atoms with Crippen LogP contribution in [0.4, 0.5) is 21.8 Å². The number of hydrogen-bond acceptors (Lipinski definition) is 5. The molecule has 0 aliphatic carbocycles. The molecule has 5 nitrogen and oxygen atoms in total. The van der Waals surface area contributed by atoms with Crippen LogP contribution in [0.2, 0.25) is 0 Å². The van der Waals surface area contributed by atoms with E-state index in [2.05, 4.69) is 39.4 Å². The molecule has 0 saturated heterocycles. The van der Waals surface area contributed by atoms with Gasteiger partial charge in [0.2, 0.25) is 5.95 Å². The van der Waals surface area contributed by atoms with E-state index in [4.69, 9.17) is 5.11 Å². The van der Waals surface area contributed by atoms with Gasteiger partial charge in [-0.15, -0.1) is 0 Å². The number of aliphatic hydroxyl groups excluding tert-OH is 1. The standard InChI is InChI=1S/C20H25FN4O/c1-4-11-22-18-15(8-9-20(2,3)10-12-26)14-23-19(25-18)24-17-7-5-6-16(21)13-17/h5-7,13-14,26H,4,10-12H2,1-3H3,(H2,22,23,24,25). The molecule has 0 radical (unpaired) electrons. The predicted octanol–water partition coefficient (Wildman–Crippen LogP) is 3.94. The summed E-state index contributed by atoms with van der Waals surface area (Å²) in [5, 5.41) is 15.4. The third kappa shape index (κ3) is 6.01. The normalized spacial score (nSPS) is 10.8. The van der Waals surface area contributed by atoms with Crippen LogP contribution in [0.1, 0.15) is 39.2 Å². The summed E-state index contributed by atoms with van der Waals surface area (Å²) in [5.74, 6) is 6.96. The molecule has 3 N–H and O–H groups in total. The van der Waals surface area contributed by atoms with Crippen molar-refractivity contribution in [2.45, 2.75) is 33.6 Å². The molecule has 0 spiro atoms. The number of aliphatic hydroxyl groups is 1. The van der Waals surface area contributed by atoms with E-state index in [1.807, 2.05) is 13.8 Å². The number of nitrogens with zero attached hydrogens (tertiary/aromatic N) is 2. The van der Waals surface area contributed by atoms with Crippen molar-refractivity contribution >= 4 is 17.5 Å². The number of aromatic nitrogens is 2. The van der Waals surface area contributed by atoms with Gasteiger partial charge in [-0.1, -0.05) is 24.8 Å². The fourth-order valence-corrected chi connectivity index (χ4v) is 2.19. The molecule has 6 heteroatoms. The highest BCUT2D eigenvalue weighted by molar-refractivity contribution is 5.59. The Labute approximate surface area is 154 Å². The zero-order valence-electron chi connectivity index (χ0n) is 15.4. The van der Waals surface area contributed by atoms with Crippen LogP contribution in [0.5, 0.6) is 0 Å². The lowest BCUT2D eigenvalue weighted by Gasteiger charge is -2.15. The molecule has 26 heavy (non-hydrogen) atoms. The lowest BCUT2D eigenvalue weighted by Crippen LogP contribution is -2.11. The molecule has 1 heterocycles. The van der Waals surface area contributed by atoms with Crippen LogP contribution < -0.4 is 10.6 Å². The van der Waals surface area contributed by atoms with E-state index in [0.29, 0.717) is 29.4 Å². The van der Waals surface area contributed by atoms with Crippen LogP contribution in [0.25, 0.3) is 0 Å². The first-order valence-corrected chi connectivity index (χ1v) is 8.71. The molecule has 2 rings (SSSR count). The number of hydrogen-bond donors (Lipinski definition) is 3. The van der Waals surface area contributed by atoms with E-state index in [0.717, 1.165) is 13.0 Å². The van der Waals surface area contributed by atoms with Gasteiger partial charge in [-0.3, -0.25) is 0 Å². The molecule has 0 atom stereocenters. The highest BCUT2D eigenvalue weighted by atomic mass is 19.1. The molecule has 138 valence electrons. The number of anilines is 3. The van der Waals surface area contributed by atoms with E-state index in [9.17, 15) is 4.39 Å². The molecular weight excluding hydrogens is 331 g/mol. The third-order valence-corrected chi connectivity index (χ3v) is 3.68. The first kappa shape index (κ1) is 19.7. The first-order valence-electron chi connectivity index (χ1n) is 8.71. The van der Waals surface area contributed by atoms with Gasteiger partial charge < -0.3 is 15.7 Å². The van der Waals surface area contributed by atoms with Crippen LogP contribution in [0, 0.1) is 23.1 Å². The fourth-order valence-electron chi connectivity index (χ4n) is 2.19. The van der Waals surface area contributed by atoms with Gasteiger partial charge in [-0.25, -0.2) is 9.37 Å². The summed E-state index contributed by atoms with van der Waals surface area (Å²) in [5.41, 5.74) is 0.971. The second kappa shape index (κ2) is 9.16. The molecule has 1 aromatic heterocycles. The molecule has 1 aromatic carbocycles. The summed E-state index contributed by atoms with van der Waals surface area (Å²) in [6, 6.07) is 6.13. The Morgan fingerprint density at radius 3 is 2.81 bits per heavy atom. The minimum atomic E-state index is -0.326. The summed E-state index contributed by atoms with van der Waals surface area (Å²) < 4.78 is 13.3. The van der Waals surface area contributed by atoms with Crippen molar-refractivity contribution in [1.82, 2.24) is 9.97 Å². The van der Waals surface area contributed by atoms with Gasteiger partial charge in [0.05, 0.1) is 11.8 Å². The molecule has 0 fully saturated rings. The molecule has 0 bridgehead atoms. The molecule has 0 unspecified atom stereocenters. The van der Waals surface area contributed by atoms with Gasteiger partial charge in [0.1, 0.15) is 11.6 Å². The Kier molecular flexibility index (Phi) is 6.93. The highest BCUT2D eigenvalue weighted by Crippen LogP contribution is 2.21. The van der Waals surface area contributed by atoms with E-state index in [-0.39, 0.29) is 17.8 Å². The maximum absolute atomic E-state index is 13.3. The second-order valence-corrected chi connectivity index (χ2v) is 6.63. The van der Waals surface area contributed by atoms with Crippen molar-refractivity contribution in [3.05, 3.63) is 41.8 Å². The summed E-state index contributed by atoms with van der Waals surface area (Å²) in [4.78, 5) is 8.76. The minimum absolute atomic E-state index is 0.0929. The van der Waals surface area contributed by atoms with Crippen molar-refractivity contribution < 1.29 is 9.50 Å². The number of nitrogens with one attached hydrogen (secondary N) is 2. The van der Waals surface area contributed by atoms with E-state index < -0.39 is 0 Å². The molecule has 0 amide bonds. The molecule has 0 aliphatic rings. The van der Waals surface area contributed by atoms with Crippen molar-refractivity contribution in [2.75, 3.05) is 23.8 Å². The third-order valence-electron chi connectivity index (χ3n) is 3.68. The maximum atomic E-state index is 13.3. The van der Waals surface area contributed by atoms with Crippen molar-refractivity contribution in [1.29, 1.82) is 0 Å². The largest absolute Gasteiger partial charge is 0.396 e. The van der Waals surface area contributed by atoms with Crippen molar-refractivity contribution in [3.63, 3.8) is 0 Å². The molecule has 0 aliphatic heterocycles. The van der Waals surface area contributed by atoms with Gasteiger partial charge in [0.25, 0.3) is 0 Å².